The summed E-state index contributed by atoms with van der Waals surface area (Å²) < 4.78 is 0.620. The van der Waals surface area contributed by atoms with Crippen LogP contribution in [0.1, 0.15) is 49.8 Å². The first-order chi connectivity index (χ1) is 9.46. The summed E-state index contributed by atoms with van der Waals surface area (Å²) in [6.45, 7) is 12.1. The van der Waals surface area contributed by atoms with E-state index in [0.29, 0.717) is 28.7 Å². The SMILES string of the molecule is C=CCN(c1nc(C)c(Br)nc1C(C)=O)C(CC)CC. The van der Waals surface area contributed by atoms with Gasteiger partial charge in [0.15, 0.2) is 11.6 Å². The lowest BCUT2D eigenvalue weighted by molar-refractivity contribution is 0.101. The van der Waals surface area contributed by atoms with Gasteiger partial charge in [0, 0.05) is 19.5 Å². The van der Waals surface area contributed by atoms with Crippen molar-refractivity contribution in [2.45, 2.75) is 46.6 Å². The van der Waals surface area contributed by atoms with E-state index in [1.165, 1.54) is 6.92 Å². The van der Waals surface area contributed by atoms with Crippen LogP contribution in [0.4, 0.5) is 5.82 Å². The lowest BCUT2D eigenvalue weighted by Gasteiger charge is -2.31. The standard InChI is InChI=1S/C15H22BrN3O/c1-6-9-19(12(7-2)8-3)15-13(11(5)20)18-14(16)10(4)17-15/h6,12H,1,7-9H2,2-5H3. The van der Waals surface area contributed by atoms with E-state index in [1.807, 2.05) is 13.0 Å². The van der Waals surface area contributed by atoms with E-state index in [9.17, 15) is 4.79 Å². The van der Waals surface area contributed by atoms with Crippen LogP contribution < -0.4 is 4.90 Å². The Balaban J connectivity index is 3.41. The molecule has 1 heterocycles. The summed E-state index contributed by atoms with van der Waals surface area (Å²) in [5, 5.41) is 0. The fourth-order valence-electron chi connectivity index (χ4n) is 2.20. The molecule has 0 N–H and O–H groups in total. The van der Waals surface area contributed by atoms with Crippen molar-refractivity contribution < 1.29 is 4.79 Å². The van der Waals surface area contributed by atoms with Gasteiger partial charge in [-0.2, -0.15) is 0 Å². The summed E-state index contributed by atoms with van der Waals surface area (Å²) in [5.41, 5.74) is 1.20. The number of ketones is 1. The summed E-state index contributed by atoms with van der Waals surface area (Å²) in [5.74, 6) is 0.583. The summed E-state index contributed by atoms with van der Waals surface area (Å²) in [6, 6.07) is 0.320. The molecule has 0 saturated heterocycles. The average Bonchev–Trinajstić information content (AvgIpc) is 2.41. The topological polar surface area (TPSA) is 46.1 Å². The van der Waals surface area contributed by atoms with Crippen molar-refractivity contribution in [1.82, 2.24) is 9.97 Å². The van der Waals surface area contributed by atoms with E-state index in [1.54, 1.807) is 0 Å². The average molecular weight is 340 g/mol. The molecule has 0 unspecified atom stereocenters. The maximum atomic E-state index is 11.9. The highest BCUT2D eigenvalue weighted by atomic mass is 79.9. The van der Waals surface area contributed by atoms with E-state index in [-0.39, 0.29) is 5.78 Å². The highest BCUT2D eigenvalue weighted by Gasteiger charge is 2.23. The molecular formula is C15H22BrN3O. The predicted octanol–water partition coefficient (Wildman–Crippen LogP) is 3.93. The van der Waals surface area contributed by atoms with Crippen molar-refractivity contribution in [1.29, 1.82) is 0 Å². The maximum absolute atomic E-state index is 11.9. The molecular weight excluding hydrogens is 318 g/mol. The van der Waals surface area contributed by atoms with Crippen LogP contribution in [0.25, 0.3) is 0 Å². The van der Waals surface area contributed by atoms with Gasteiger partial charge in [0.05, 0.1) is 5.69 Å². The molecule has 0 atom stereocenters. The minimum atomic E-state index is -0.0757. The lowest BCUT2D eigenvalue weighted by Crippen LogP contribution is -2.36. The Bertz CT molecular complexity index is 498. The summed E-state index contributed by atoms with van der Waals surface area (Å²) in [7, 11) is 0. The van der Waals surface area contributed by atoms with Crippen LogP contribution in [-0.4, -0.2) is 28.3 Å². The van der Waals surface area contributed by atoms with Crippen LogP contribution in [0.3, 0.4) is 0 Å². The Morgan fingerprint density at radius 2 is 2.00 bits per heavy atom. The van der Waals surface area contributed by atoms with Gasteiger partial charge < -0.3 is 4.90 Å². The number of carbonyl (C=O) groups is 1. The van der Waals surface area contributed by atoms with E-state index in [2.05, 4.69) is 51.2 Å². The molecule has 0 bridgehead atoms. The van der Waals surface area contributed by atoms with Crippen LogP contribution >= 0.6 is 15.9 Å². The van der Waals surface area contributed by atoms with Crippen molar-refractivity contribution in [3.8, 4) is 0 Å². The van der Waals surface area contributed by atoms with Gasteiger partial charge in [-0.15, -0.1) is 6.58 Å². The zero-order chi connectivity index (χ0) is 15.3. The molecule has 0 radical (unpaired) electrons. The summed E-state index contributed by atoms with van der Waals surface area (Å²) >= 11 is 3.34. The zero-order valence-corrected chi connectivity index (χ0v) is 14.2. The van der Waals surface area contributed by atoms with Gasteiger partial charge >= 0.3 is 0 Å². The molecule has 20 heavy (non-hydrogen) atoms. The van der Waals surface area contributed by atoms with Gasteiger partial charge in [-0.1, -0.05) is 19.9 Å². The number of hydrogen-bond acceptors (Lipinski definition) is 4. The summed E-state index contributed by atoms with van der Waals surface area (Å²) in [6.07, 6.45) is 3.80. The number of halogens is 1. The Hall–Kier alpha value is -1.23. The number of rotatable bonds is 7. The fraction of sp³-hybridized carbons (Fsp3) is 0.533. The molecule has 1 aromatic heterocycles. The zero-order valence-electron chi connectivity index (χ0n) is 12.6. The molecule has 0 aliphatic rings. The summed E-state index contributed by atoms with van der Waals surface area (Å²) in [4.78, 5) is 22.9. The van der Waals surface area contributed by atoms with E-state index in [0.717, 1.165) is 18.5 Å². The van der Waals surface area contributed by atoms with Gasteiger partial charge in [0.25, 0.3) is 0 Å². The van der Waals surface area contributed by atoms with Crippen LogP contribution in [-0.2, 0) is 0 Å². The molecule has 0 saturated carbocycles. The third kappa shape index (κ3) is 3.66. The molecule has 0 aromatic carbocycles. The lowest BCUT2D eigenvalue weighted by atomic mass is 10.1. The molecule has 110 valence electrons. The minimum absolute atomic E-state index is 0.0757. The van der Waals surface area contributed by atoms with E-state index < -0.39 is 0 Å². The second-order valence-corrected chi connectivity index (χ2v) is 5.49. The Morgan fingerprint density at radius 3 is 2.45 bits per heavy atom. The Morgan fingerprint density at radius 1 is 1.40 bits per heavy atom. The number of aromatic nitrogens is 2. The van der Waals surface area contributed by atoms with E-state index >= 15 is 0 Å². The maximum Gasteiger partial charge on any atom is 0.181 e. The van der Waals surface area contributed by atoms with Crippen LogP contribution in [0, 0.1) is 6.92 Å². The quantitative estimate of drug-likeness (QED) is 0.557. The van der Waals surface area contributed by atoms with Crippen molar-refractivity contribution in [3.05, 3.63) is 28.6 Å². The van der Waals surface area contributed by atoms with Gasteiger partial charge in [0.1, 0.15) is 10.3 Å². The fourth-order valence-corrected chi connectivity index (χ4v) is 2.47. The van der Waals surface area contributed by atoms with Crippen LogP contribution in [0.2, 0.25) is 0 Å². The Kier molecular flexibility index (Phi) is 6.33. The van der Waals surface area contributed by atoms with Crippen molar-refractivity contribution >= 4 is 27.5 Å². The molecule has 0 fully saturated rings. The van der Waals surface area contributed by atoms with Gasteiger partial charge in [-0.05, 0) is 35.7 Å². The highest BCUT2D eigenvalue weighted by molar-refractivity contribution is 9.10. The minimum Gasteiger partial charge on any atom is -0.348 e. The largest absolute Gasteiger partial charge is 0.348 e. The van der Waals surface area contributed by atoms with Crippen molar-refractivity contribution in [2.75, 3.05) is 11.4 Å². The first-order valence-electron chi connectivity index (χ1n) is 6.88. The van der Waals surface area contributed by atoms with Crippen LogP contribution in [0.5, 0.6) is 0 Å². The molecule has 0 aliphatic heterocycles. The number of carbonyl (C=O) groups excluding carboxylic acids is 1. The monoisotopic (exact) mass is 339 g/mol. The van der Waals surface area contributed by atoms with Gasteiger partial charge in [0.2, 0.25) is 0 Å². The third-order valence-electron chi connectivity index (χ3n) is 3.31. The molecule has 0 spiro atoms. The number of aryl methyl sites for hydroxylation is 1. The molecule has 1 rings (SSSR count). The molecule has 0 aliphatic carbocycles. The number of nitrogens with zero attached hydrogens (tertiary/aromatic N) is 3. The van der Waals surface area contributed by atoms with Crippen molar-refractivity contribution in [3.63, 3.8) is 0 Å². The third-order valence-corrected chi connectivity index (χ3v) is 4.06. The Labute approximate surface area is 129 Å². The smallest absolute Gasteiger partial charge is 0.181 e. The second kappa shape index (κ2) is 7.53. The molecule has 0 amide bonds. The van der Waals surface area contributed by atoms with Crippen LogP contribution in [0.15, 0.2) is 17.3 Å². The molecule has 5 heteroatoms. The number of hydrogen-bond donors (Lipinski definition) is 0. The van der Waals surface area contributed by atoms with Gasteiger partial charge in [-0.3, -0.25) is 4.79 Å². The number of Topliss-reactive ketones (excluding diaryl/α,β-unsaturated/α-hetero) is 1. The molecule has 1 aromatic rings. The van der Waals surface area contributed by atoms with Crippen molar-refractivity contribution in [2.24, 2.45) is 0 Å². The normalized spacial score (nSPS) is 10.7. The number of anilines is 1. The highest BCUT2D eigenvalue weighted by Crippen LogP contribution is 2.25. The molecule has 4 nitrogen and oxygen atoms in total. The van der Waals surface area contributed by atoms with Gasteiger partial charge in [-0.25, -0.2) is 9.97 Å². The van der Waals surface area contributed by atoms with E-state index in [4.69, 9.17) is 0 Å². The first-order valence-corrected chi connectivity index (χ1v) is 7.68. The predicted molar refractivity (Wildman–Crippen MR) is 86.4 cm³/mol. The second-order valence-electron chi connectivity index (χ2n) is 4.74. The first kappa shape index (κ1) is 16.8.